The van der Waals surface area contributed by atoms with Crippen molar-refractivity contribution in [1.29, 1.82) is 0 Å². The molecule has 0 aromatic rings. The van der Waals surface area contributed by atoms with E-state index in [4.69, 9.17) is 0 Å². The average molecular weight is 263 g/mol. The van der Waals surface area contributed by atoms with Gasteiger partial charge >= 0.3 is 0 Å². The zero-order valence-corrected chi connectivity index (χ0v) is 13.2. The van der Waals surface area contributed by atoms with E-state index in [2.05, 4.69) is 38.2 Å². The summed E-state index contributed by atoms with van der Waals surface area (Å²) in [6.07, 6.45) is 14.8. The molecule has 1 fully saturated rings. The summed E-state index contributed by atoms with van der Waals surface area (Å²) >= 11 is 0. The van der Waals surface area contributed by atoms with E-state index in [0.717, 1.165) is 29.7 Å². The van der Waals surface area contributed by atoms with Crippen LogP contribution in [-0.2, 0) is 0 Å². The molecule has 1 heteroatoms. The highest BCUT2D eigenvalue weighted by molar-refractivity contribution is 5.11. The van der Waals surface area contributed by atoms with Gasteiger partial charge in [-0.2, -0.15) is 0 Å². The van der Waals surface area contributed by atoms with Gasteiger partial charge in [-0.15, -0.1) is 0 Å². The molecular formula is C18H33N. The van der Waals surface area contributed by atoms with Crippen LogP contribution in [-0.4, -0.2) is 12.6 Å². The molecule has 4 atom stereocenters. The Hall–Kier alpha value is -0.300. The fourth-order valence-electron chi connectivity index (χ4n) is 3.91. The van der Waals surface area contributed by atoms with Gasteiger partial charge in [-0.1, -0.05) is 51.7 Å². The van der Waals surface area contributed by atoms with Crippen LogP contribution in [0.3, 0.4) is 0 Å². The van der Waals surface area contributed by atoms with Crippen molar-refractivity contribution in [2.75, 3.05) is 6.54 Å². The number of unbranched alkanes of at least 4 members (excludes halogenated alkanes) is 3. The van der Waals surface area contributed by atoms with Crippen molar-refractivity contribution < 1.29 is 0 Å². The molecule has 0 saturated heterocycles. The Kier molecular flexibility index (Phi) is 5.94. The van der Waals surface area contributed by atoms with E-state index in [9.17, 15) is 0 Å². The van der Waals surface area contributed by atoms with E-state index < -0.39 is 0 Å². The number of hydrogen-bond donors (Lipinski definition) is 1. The molecule has 1 saturated carbocycles. The van der Waals surface area contributed by atoms with Crippen molar-refractivity contribution >= 4 is 0 Å². The molecule has 0 aromatic carbocycles. The highest BCUT2D eigenvalue weighted by atomic mass is 14.9. The molecule has 0 heterocycles. The van der Waals surface area contributed by atoms with Gasteiger partial charge in [-0.05, 0) is 56.4 Å². The minimum atomic E-state index is 0.718. The molecule has 1 nitrogen and oxygen atoms in total. The van der Waals surface area contributed by atoms with Crippen LogP contribution in [0.2, 0.25) is 0 Å². The number of rotatable bonds is 9. The fourth-order valence-corrected chi connectivity index (χ4v) is 3.91. The van der Waals surface area contributed by atoms with Gasteiger partial charge in [0.1, 0.15) is 0 Å². The predicted octanol–water partition coefficient (Wildman–Crippen LogP) is 4.78. The number of hydrogen-bond acceptors (Lipinski definition) is 1. The Morgan fingerprint density at radius 3 is 2.42 bits per heavy atom. The van der Waals surface area contributed by atoms with Gasteiger partial charge in [0.25, 0.3) is 0 Å². The first kappa shape index (κ1) is 15.1. The summed E-state index contributed by atoms with van der Waals surface area (Å²) < 4.78 is 0. The maximum atomic E-state index is 3.78. The topological polar surface area (TPSA) is 12.0 Å². The van der Waals surface area contributed by atoms with Crippen LogP contribution in [0.5, 0.6) is 0 Å². The van der Waals surface area contributed by atoms with E-state index in [1.54, 1.807) is 0 Å². The van der Waals surface area contributed by atoms with Crippen LogP contribution in [0.25, 0.3) is 0 Å². The lowest BCUT2D eigenvalue weighted by molar-refractivity contribution is 0.325. The molecule has 110 valence electrons. The van der Waals surface area contributed by atoms with Gasteiger partial charge in [0, 0.05) is 6.04 Å². The minimum Gasteiger partial charge on any atom is -0.314 e. The molecule has 0 amide bonds. The predicted molar refractivity (Wildman–Crippen MR) is 84.2 cm³/mol. The summed E-state index contributed by atoms with van der Waals surface area (Å²) in [7, 11) is 0. The Balaban J connectivity index is 1.48. The van der Waals surface area contributed by atoms with E-state index in [0.29, 0.717) is 0 Å². The normalized spacial score (nSPS) is 30.4. The quantitative estimate of drug-likeness (QED) is 0.466. The molecule has 0 spiro atoms. The van der Waals surface area contributed by atoms with Crippen molar-refractivity contribution in [3.05, 3.63) is 12.2 Å². The Morgan fingerprint density at radius 2 is 1.79 bits per heavy atom. The molecule has 19 heavy (non-hydrogen) atoms. The second-order valence-corrected chi connectivity index (χ2v) is 7.28. The van der Waals surface area contributed by atoms with Crippen LogP contribution >= 0.6 is 0 Å². The lowest BCUT2D eigenvalue weighted by atomic mass is 9.87. The zero-order valence-electron chi connectivity index (χ0n) is 13.2. The third-order valence-corrected chi connectivity index (χ3v) is 5.15. The van der Waals surface area contributed by atoms with Gasteiger partial charge in [0.15, 0.2) is 0 Å². The van der Waals surface area contributed by atoms with Gasteiger partial charge in [-0.3, -0.25) is 0 Å². The Bertz CT molecular complexity index is 281. The first-order chi connectivity index (χ1) is 9.16. The average Bonchev–Trinajstić information content (AvgIpc) is 2.99. The standard InChI is InChI=1S/C18H33N/c1-14(2)8-6-4-5-7-11-19-15(3)18-13-16-9-10-17(18)12-16/h9-10,14-19H,4-8,11-13H2,1-3H3. The van der Waals surface area contributed by atoms with E-state index in [1.165, 1.54) is 51.5 Å². The van der Waals surface area contributed by atoms with Crippen molar-refractivity contribution in [3.63, 3.8) is 0 Å². The van der Waals surface area contributed by atoms with Crippen LogP contribution in [0.4, 0.5) is 0 Å². The van der Waals surface area contributed by atoms with Gasteiger partial charge in [0.2, 0.25) is 0 Å². The summed E-state index contributed by atoms with van der Waals surface area (Å²) in [4.78, 5) is 0. The molecule has 1 N–H and O–H groups in total. The van der Waals surface area contributed by atoms with Gasteiger partial charge < -0.3 is 5.32 Å². The molecule has 2 aliphatic rings. The summed E-state index contributed by atoms with van der Waals surface area (Å²) in [5.41, 5.74) is 0. The number of nitrogens with one attached hydrogen (secondary N) is 1. The molecule has 0 radical (unpaired) electrons. The first-order valence-corrected chi connectivity index (χ1v) is 8.58. The second kappa shape index (κ2) is 7.47. The third-order valence-electron chi connectivity index (χ3n) is 5.15. The van der Waals surface area contributed by atoms with E-state index in [1.807, 2.05) is 0 Å². The Labute approximate surface area is 120 Å². The summed E-state index contributed by atoms with van der Waals surface area (Å²) in [5.74, 6) is 3.59. The lowest BCUT2D eigenvalue weighted by Gasteiger charge is -2.26. The van der Waals surface area contributed by atoms with Crippen LogP contribution in [0, 0.1) is 23.7 Å². The maximum Gasteiger partial charge on any atom is 0.00728 e. The largest absolute Gasteiger partial charge is 0.314 e. The van der Waals surface area contributed by atoms with Crippen LogP contribution in [0.1, 0.15) is 65.7 Å². The molecule has 2 aliphatic carbocycles. The van der Waals surface area contributed by atoms with Gasteiger partial charge in [-0.25, -0.2) is 0 Å². The highest BCUT2D eigenvalue weighted by Gasteiger charge is 2.38. The number of fused-ring (bicyclic) bond motifs is 2. The summed E-state index contributed by atoms with van der Waals surface area (Å²) in [6, 6.07) is 0.718. The van der Waals surface area contributed by atoms with Crippen molar-refractivity contribution in [2.45, 2.75) is 71.8 Å². The van der Waals surface area contributed by atoms with Crippen LogP contribution in [0.15, 0.2) is 12.2 Å². The molecule has 0 aliphatic heterocycles. The van der Waals surface area contributed by atoms with E-state index >= 15 is 0 Å². The maximum absolute atomic E-state index is 3.78. The monoisotopic (exact) mass is 263 g/mol. The zero-order chi connectivity index (χ0) is 13.7. The highest BCUT2D eigenvalue weighted by Crippen LogP contribution is 2.44. The Morgan fingerprint density at radius 1 is 1.00 bits per heavy atom. The number of allylic oxidation sites excluding steroid dienone is 2. The fraction of sp³-hybridized carbons (Fsp3) is 0.889. The first-order valence-electron chi connectivity index (χ1n) is 8.58. The molecule has 2 rings (SSSR count). The third kappa shape index (κ3) is 4.63. The minimum absolute atomic E-state index is 0.718. The smallest absolute Gasteiger partial charge is 0.00728 e. The summed E-state index contributed by atoms with van der Waals surface area (Å²) in [6.45, 7) is 8.28. The van der Waals surface area contributed by atoms with Crippen LogP contribution < -0.4 is 5.32 Å². The molecular weight excluding hydrogens is 230 g/mol. The molecule has 4 unspecified atom stereocenters. The molecule has 2 bridgehead atoms. The summed E-state index contributed by atoms with van der Waals surface area (Å²) in [5, 5.41) is 3.78. The van der Waals surface area contributed by atoms with Gasteiger partial charge in [0.05, 0.1) is 0 Å². The van der Waals surface area contributed by atoms with Crippen molar-refractivity contribution in [3.8, 4) is 0 Å². The second-order valence-electron chi connectivity index (χ2n) is 7.28. The molecule has 0 aromatic heterocycles. The van der Waals surface area contributed by atoms with E-state index in [-0.39, 0.29) is 0 Å². The van der Waals surface area contributed by atoms with Crippen molar-refractivity contribution in [1.82, 2.24) is 5.32 Å². The van der Waals surface area contributed by atoms with Crippen molar-refractivity contribution in [2.24, 2.45) is 23.7 Å². The SMILES string of the molecule is CC(C)CCCCCCNC(C)C1CC2C=CC1C2. The lowest BCUT2D eigenvalue weighted by Crippen LogP contribution is -2.36.